The lowest BCUT2D eigenvalue weighted by Crippen LogP contribution is -2.55. The molecule has 0 bridgehead atoms. The highest BCUT2D eigenvalue weighted by Crippen LogP contribution is 2.25. The van der Waals surface area contributed by atoms with Gasteiger partial charge in [-0.15, -0.1) is 0 Å². The maximum Gasteiger partial charge on any atom is 0.326 e. The van der Waals surface area contributed by atoms with Crippen LogP contribution in [0, 0.1) is 0 Å². The van der Waals surface area contributed by atoms with Gasteiger partial charge >= 0.3 is 5.97 Å². The molecule has 0 aromatic heterocycles. The summed E-state index contributed by atoms with van der Waals surface area (Å²) in [7, 11) is 0. The molecule has 1 aromatic rings. The van der Waals surface area contributed by atoms with Gasteiger partial charge in [0, 0.05) is 19.6 Å². The maximum absolute atomic E-state index is 13.5. The van der Waals surface area contributed by atoms with Gasteiger partial charge in [-0.25, -0.2) is 4.79 Å². The standard InChI is InChI=1S/C27H40N8O6/c28-18(15-17-7-2-1-3-8-17)23(37)32-16-22(36)34-13-6-11-21(34)25(39)35-14-5-10-20(35)24(38)33-19(26(40)41)9-4-12-31-27(29)30/h1-3,7-8,18-21H,4-6,9-16,28H2,(H,32,37)(H,33,38)(H,40,41)(H4,29,30,31)/t18-,19-,20-,21-/m0/s1. The van der Waals surface area contributed by atoms with Crippen molar-refractivity contribution in [3.05, 3.63) is 35.9 Å². The number of nitrogens with two attached hydrogens (primary N) is 3. The van der Waals surface area contributed by atoms with E-state index in [4.69, 9.17) is 17.2 Å². The molecule has 4 amide bonds. The van der Waals surface area contributed by atoms with Crippen molar-refractivity contribution in [2.45, 2.75) is 69.1 Å². The van der Waals surface area contributed by atoms with Crippen molar-refractivity contribution in [3.8, 4) is 0 Å². The first-order chi connectivity index (χ1) is 19.6. The van der Waals surface area contributed by atoms with Gasteiger partial charge in [-0.05, 0) is 50.5 Å². The molecule has 9 N–H and O–H groups in total. The number of amides is 4. The van der Waals surface area contributed by atoms with E-state index >= 15 is 0 Å². The molecule has 0 radical (unpaired) electrons. The number of carboxylic acids is 1. The van der Waals surface area contributed by atoms with Crippen molar-refractivity contribution < 1.29 is 29.1 Å². The van der Waals surface area contributed by atoms with Crippen molar-refractivity contribution in [2.75, 3.05) is 26.2 Å². The Morgan fingerprint density at radius 3 is 2.32 bits per heavy atom. The summed E-state index contributed by atoms with van der Waals surface area (Å²) < 4.78 is 0. The van der Waals surface area contributed by atoms with Crippen molar-refractivity contribution in [1.29, 1.82) is 0 Å². The van der Waals surface area contributed by atoms with Gasteiger partial charge in [0.05, 0.1) is 12.6 Å². The molecule has 0 unspecified atom stereocenters. The Morgan fingerprint density at radius 2 is 1.66 bits per heavy atom. The van der Waals surface area contributed by atoms with E-state index < -0.39 is 47.9 Å². The number of carbonyl (C=O) groups is 5. The smallest absolute Gasteiger partial charge is 0.326 e. The van der Waals surface area contributed by atoms with Gasteiger partial charge < -0.3 is 42.7 Å². The first kappa shape index (κ1) is 31.3. The summed E-state index contributed by atoms with van der Waals surface area (Å²) in [6.45, 7) is 0.599. The van der Waals surface area contributed by atoms with E-state index in [0.29, 0.717) is 51.6 Å². The number of rotatable bonds is 13. The minimum atomic E-state index is -1.20. The lowest BCUT2D eigenvalue weighted by atomic mass is 10.1. The molecule has 4 atom stereocenters. The highest BCUT2D eigenvalue weighted by atomic mass is 16.4. The van der Waals surface area contributed by atoms with Crippen LogP contribution < -0.4 is 27.8 Å². The van der Waals surface area contributed by atoms with E-state index in [1.165, 1.54) is 9.80 Å². The molecule has 1 aromatic carbocycles. The van der Waals surface area contributed by atoms with E-state index in [0.717, 1.165) is 5.56 Å². The number of carboxylic acid groups (broad SMARTS) is 1. The predicted octanol–water partition coefficient (Wildman–Crippen LogP) is -1.72. The van der Waals surface area contributed by atoms with Crippen LogP contribution in [0.3, 0.4) is 0 Å². The Balaban J connectivity index is 1.54. The first-order valence-electron chi connectivity index (χ1n) is 13.8. The fraction of sp³-hybridized carbons (Fsp3) is 0.556. The lowest BCUT2D eigenvalue weighted by molar-refractivity contribution is -0.147. The highest BCUT2D eigenvalue weighted by Gasteiger charge is 2.42. The van der Waals surface area contributed by atoms with Crippen LogP contribution in [-0.4, -0.2) is 101 Å². The Hall–Kier alpha value is -4.20. The second kappa shape index (κ2) is 15.0. The van der Waals surface area contributed by atoms with E-state index in [2.05, 4.69) is 15.6 Å². The zero-order valence-electron chi connectivity index (χ0n) is 23.0. The largest absolute Gasteiger partial charge is 0.480 e. The topological polar surface area (TPSA) is 227 Å². The number of aliphatic imine (C=N–C) groups is 1. The molecule has 2 aliphatic heterocycles. The number of nitrogens with zero attached hydrogens (tertiary/aromatic N) is 3. The fourth-order valence-corrected chi connectivity index (χ4v) is 5.20. The Labute approximate surface area is 238 Å². The number of aliphatic carboxylic acids is 1. The lowest BCUT2D eigenvalue weighted by Gasteiger charge is -2.31. The number of hydrogen-bond donors (Lipinski definition) is 6. The molecule has 2 fully saturated rings. The van der Waals surface area contributed by atoms with Crippen LogP contribution in [0.2, 0.25) is 0 Å². The average Bonchev–Trinajstić information content (AvgIpc) is 3.63. The van der Waals surface area contributed by atoms with Gasteiger partial charge in [0.2, 0.25) is 23.6 Å². The maximum atomic E-state index is 13.5. The van der Waals surface area contributed by atoms with Crippen LogP contribution in [0.25, 0.3) is 0 Å². The first-order valence-corrected chi connectivity index (χ1v) is 13.8. The number of nitrogens with one attached hydrogen (secondary N) is 2. The van der Waals surface area contributed by atoms with Gasteiger partial charge in [0.25, 0.3) is 0 Å². The number of benzene rings is 1. The summed E-state index contributed by atoms with van der Waals surface area (Å²) >= 11 is 0. The molecular formula is C27H40N8O6. The number of carbonyl (C=O) groups excluding carboxylic acids is 4. The monoisotopic (exact) mass is 572 g/mol. The molecule has 2 aliphatic rings. The molecule has 0 aliphatic carbocycles. The van der Waals surface area contributed by atoms with Crippen LogP contribution in [0.4, 0.5) is 0 Å². The Kier molecular flexibility index (Phi) is 11.4. The highest BCUT2D eigenvalue weighted by molar-refractivity contribution is 5.95. The predicted molar refractivity (Wildman–Crippen MR) is 150 cm³/mol. The Bertz CT molecular complexity index is 1130. The van der Waals surface area contributed by atoms with Gasteiger partial charge in [-0.1, -0.05) is 30.3 Å². The van der Waals surface area contributed by atoms with Crippen LogP contribution in [0.1, 0.15) is 44.1 Å². The van der Waals surface area contributed by atoms with Crippen molar-refractivity contribution in [2.24, 2.45) is 22.2 Å². The van der Waals surface area contributed by atoms with Gasteiger partial charge in [0.1, 0.15) is 18.1 Å². The molecule has 0 saturated carbocycles. The second-order valence-corrected chi connectivity index (χ2v) is 10.3. The average molecular weight is 573 g/mol. The minimum absolute atomic E-state index is 0.102. The third kappa shape index (κ3) is 8.90. The molecule has 14 heteroatoms. The quantitative estimate of drug-likeness (QED) is 0.0896. The van der Waals surface area contributed by atoms with E-state index in [9.17, 15) is 29.1 Å². The third-order valence-corrected chi connectivity index (χ3v) is 7.31. The summed E-state index contributed by atoms with van der Waals surface area (Å²) in [5.41, 5.74) is 17.5. The van der Waals surface area contributed by atoms with Crippen LogP contribution in [-0.2, 0) is 30.4 Å². The van der Waals surface area contributed by atoms with Gasteiger partial charge in [-0.2, -0.15) is 0 Å². The third-order valence-electron chi connectivity index (χ3n) is 7.31. The van der Waals surface area contributed by atoms with Crippen LogP contribution >= 0.6 is 0 Å². The molecule has 2 saturated heterocycles. The summed E-state index contributed by atoms with van der Waals surface area (Å²) in [6.07, 6.45) is 2.77. The van der Waals surface area contributed by atoms with Crippen molar-refractivity contribution in [3.63, 3.8) is 0 Å². The summed E-state index contributed by atoms with van der Waals surface area (Å²) in [5.74, 6) is -3.09. The molecule has 2 heterocycles. The molecule has 0 spiro atoms. The number of likely N-dealkylation sites (tertiary alicyclic amines) is 2. The normalized spacial score (nSPS) is 19.7. The molecule has 3 rings (SSSR count). The Morgan fingerprint density at radius 1 is 1.00 bits per heavy atom. The van der Waals surface area contributed by atoms with Crippen LogP contribution in [0.5, 0.6) is 0 Å². The SMILES string of the molecule is NC(N)=NCCC[C@H](NC(=O)[C@@H]1CCCN1C(=O)[C@@H]1CCCN1C(=O)CNC(=O)[C@@H](N)Cc1ccccc1)C(=O)O. The molecule has 14 nitrogen and oxygen atoms in total. The van der Waals surface area contributed by atoms with E-state index in [1.54, 1.807) is 0 Å². The minimum Gasteiger partial charge on any atom is -0.480 e. The van der Waals surface area contributed by atoms with E-state index in [-0.39, 0.29) is 31.4 Å². The number of guanidine groups is 1. The zero-order chi connectivity index (χ0) is 29.9. The molecule has 224 valence electrons. The molecular weight excluding hydrogens is 532 g/mol. The second-order valence-electron chi connectivity index (χ2n) is 10.3. The fourth-order valence-electron chi connectivity index (χ4n) is 5.20. The van der Waals surface area contributed by atoms with Crippen molar-refractivity contribution >= 4 is 35.6 Å². The summed E-state index contributed by atoms with van der Waals surface area (Å²) in [4.78, 5) is 70.4. The van der Waals surface area contributed by atoms with Crippen molar-refractivity contribution in [1.82, 2.24) is 20.4 Å². The summed E-state index contributed by atoms with van der Waals surface area (Å²) in [6, 6.07) is 5.71. The number of hydrogen-bond acceptors (Lipinski definition) is 7. The van der Waals surface area contributed by atoms with Gasteiger partial charge in [0.15, 0.2) is 5.96 Å². The van der Waals surface area contributed by atoms with Gasteiger partial charge in [-0.3, -0.25) is 24.2 Å². The summed E-state index contributed by atoms with van der Waals surface area (Å²) in [5, 5.41) is 14.7. The molecule has 41 heavy (non-hydrogen) atoms. The zero-order valence-corrected chi connectivity index (χ0v) is 23.0. The van der Waals surface area contributed by atoms with Crippen LogP contribution in [0.15, 0.2) is 35.3 Å². The van der Waals surface area contributed by atoms with E-state index in [1.807, 2.05) is 30.3 Å².